The summed E-state index contributed by atoms with van der Waals surface area (Å²) in [7, 11) is 0. The fourth-order valence-corrected chi connectivity index (χ4v) is 9.81. The van der Waals surface area contributed by atoms with Crippen LogP contribution in [0.2, 0.25) is 0 Å². The Morgan fingerprint density at radius 1 is 1.06 bits per heavy atom. The van der Waals surface area contributed by atoms with E-state index >= 15 is 0 Å². The Bertz CT molecular complexity index is 1400. The Kier molecular flexibility index (Phi) is 11.1. The molecule has 4 aliphatic carbocycles. The van der Waals surface area contributed by atoms with Crippen LogP contribution in [0.25, 0.3) is 0 Å². The number of ether oxygens (including phenoxy) is 4. The predicted molar refractivity (Wildman–Crippen MR) is 172 cm³/mol. The largest absolute Gasteiger partial charge is 0.456 e. The smallest absolute Gasteiger partial charge is 0.407 e. The monoisotopic (exact) mass is 904 g/mol. The number of rotatable bonds is 6. The molecule has 12 nitrogen and oxygen atoms in total. The van der Waals surface area contributed by atoms with E-state index < -0.39 is 88.3 Å². The van der Waals surface area contributed by atoms with Crippen LogP contribution in [0.3, 0.4) is 0 Å². The van der Waals surface area contributed by atoms with Gasteiger partial charge in [-0.3, -0.25) is 9.59 Å². The molecule has 12 atom stereocenters. The summed E-state index contributed by atoms with van der Waals surface area (Å²) in [5.74, 6) is -3.83. The van der Waals surface area contributed by atoms with Crippen molar-refractivity contribution in [3.8, 4) is 0 Å². The summed E-state index contributed by atoms with van der Waals surface area (Å²) in [5.41, 5.74) is -3.64. The topological polar surface area (TPSA) is 178 Å². The normalized spacial score (nSPS) is 40.0. The molecule has 0 aromatic rings. The number of esters is 2. The molecule has 0 aromatic heterocycles. The number of ketones is 1. The average Bonchev–Trinajstić information content (AvgIpc) is 3.58. The first-order chi connectivity index (χ1) is 21.9. The molecule has 0 spiro atoms. The van der Waals surface area contributed by atoms with Crippen LogP contribution in [-0.2, 0) is 33.3 Å². The van der Waals surface area contributed by atoms with Crippen molar-refractivity contribution in [3.05, 3.63) is 11.1 Å². The van der Waals surface area contributed by atoms with Crippen LogP contribution in [0.1, 0.15) is 95.4 Å². The van der Waals surface area contributed by atoms with E-state index in [0.29, 0.717) is 17.6 Å². The first-order valence-corrected chi connectivity index (χ1v) is 17.2. The van der Waals surface area contributed by atoms with Gasteiger partial charge in [0.2, 0.25) is 0 Å². The second-order valence-electron chi connectivity index (χ2n) is 17.5. The number of carbonyl (C=O) groups excluding carboxylic acids is 4. The number of amides is 1. The summed E-state index contributed by atoms with van der Waals surface area (Å²) in [6.45, 7) is 19.6. The van der Waals surface area contributed by atoms with Gasteiger partial charge in [0, 0.05) is 63.3 Å². The number of fused-ring (bicyclic) bond motifs is 5. The number of hydrogen-bond donors (Lipinski definition) is 4. The molecule has 1 saturated heterocycles. The molecular weight excluding hydrogens is 849 g/mol. The molecule has 10 unspecified atom stereocenters. The summed E-state index contributed by atoms with van der Waals surface area (Å²) in [4.78, 5) is 53.9. The summed E-state index contributed by atoms with van der Waals surface area (Å²) in [6, 6.07) is -0.968. The van der Waals surface area contributed by atoms with Gasteiger partial charge in [-0.25, -0.2) is 9.59 Å². The minimum absolute atomic E-state index is 0. The van der Waals surface area contributed by atoms with Crippen molar-refractivity contribution in [2.45, 2.75) is 143 Å². The zero-order chi connectivity index (χ0) is 36.1. The maximum Gasteiger partial charge on any atom is 0.407 e. The van der Waals surface area contributed by atoms with Gasteiger partial charge in [-0.15, -0.1) is 0 Å². The molecule has 49 heavy (non-hydrogen) atoms. The number of nitrogens with one attached hydrogen (secondary N) is 1. The maximum atomic E-state index is 14.7. The van der Waals surface area contributed by atoms with Gasteiger partial charge in [-0.2, -0.15) is 0 Å². The van der Waals surface area contributed by atoms with E-state index in [0.717, 1.165) is 0 Å². The number of carbonyl (C=O) groups is 4. The molecule has 4 N–H and O–H groups in total. The fourth-order valence-electron chi connectivity index (χ4n) is 9.81. The third-order valence-electron chi connectivity index (χ3n) is 12.4. The molecule has 13 heteroatoms. The van der Waals surface area contributed by atoms with Gasteiger partial charge in [-0.05, 0) is 87.2 Å². The second kappa shape index (κ2) is 13.4. The first kappa shape index (κ1) is 40.7. The van der Waals surface area contributed by atoms with E-state index in [-0.39, 0.29) is 86.7 Å². The number of alkyl carbamates (subject to hydrolysis) is 1. The van der Waals surface area contributed by atoms with Crippen LogP contribution in [0, 0.1) is 84.0 Å². The number of Topliss-reactive ketones (excluding diaryl/α,β-unsaturated/α-hetero) is 1. The van der Waals surface area contributed by atoms with E-state index in [4.69, 9.17) is 18.9 Å². The third kappa shape index (κ3) is 6.92. The fraction of sp³-hybridized carbons (Fsp3) is 0.833. The van der Waals surface area contributed by atoms with E-state index in [1.807, 2.05) is 34.6 Å². The average molecular weight is 905 g/mol. The molecule has 4 fully saturated rings. The van der Waals surface area contributed by atoms with Crippen molar-refractivity contribution < 1.29 is 97.5 Å². The number of hydrogen-bond acceptors (Lipinski definition) is 11. The van der Waals surface area contributed by atoms with Crippen LogP contribution in [0.4, 0.5) is 4.79 Å². The molecular formula is C36H55AcNO11. The van der Waals surface area contributed by atoms with E-state index in [2.05, 4.69) is 5.32 Å². The minimum Gasteiger partial charge on any atom is -0.456 e. The summed E-state index contributed by atoms with van der Waals surface area (Å²) < 4.78 is 23.0. The Morgan fingerprint density at radius 3 is 2.14 bits per heavy atom. The van der Waals surface area contributed by atoms with Crippen molar-refractivity contribution >= 4 is 23.8 Å². The van der Waals surface area contributed by atoms with Gasteiger partial charge in [0.05, 0.1) is 30.3 Å². The Hall–Kier alpha value is -1.10. The van der Waals surface area contributed by atoms with Gasteiger partial charge >= 0.3 is 18.0 Å². The Morgan fingerprint density at radius 2 is 1.65 bits per heavy atom. The quantitative estimate of drug-likeness (QED) is 0.175. The molecule has 5 rings (SSSR count). The minimum atomic E-state index is -1.71. The summed E-state index contributed by atoms with van der Waals surface area (Å²) in [5, 5.41) is 37.6. The molecule has 3 saturated carbocycles. The van der Waals surface area contributed by atoms with Crippen molar-refractivity contribution in [3.63, 3.8) is 0 Å². The van der Waals surface area contributed by atoms with Gasteiger partial charge in [0.25, 0.3) is 0 Å². The molecule has 1 amide bonds. The first-order valence-electron chi connectivity index (χ1n) is 17.2. The van der Waals surface area contributed by atoms with Crippen molar-refractivity contribution in [2.75, 3.05) is 6.61 Å². The van der Waals surface area contributed by atoms with E-state index in [1.165, 1.54) is 6.92 Å². The maximum absolute atomic E-state index is 14.7. The van der Waals surface area contributed by atoms with Crippen molar-refractivity contribution in [1.82, 2.24) is 5.32 Å². The molecule has 1 heterocycles. The second-order valence-corrected chi connectivity index (χ2v) is 17.5. The summed E-state index contributed by atoms with van der Waals surface area (Å²) >= 11 is 0. The third-order valence-corrected chi connectivity index (χ3v) is 12.4. The van der Waals surface area contributed by atoms with Gasteiger partial charge < -0.3 is 39.6 Å². The SMILES string of the molecule is CC(=O)OC1C(=O)[C@]2(C)C(O)CC3OCC3(O)C2[C@H](C)C2CC(OC(=O)C(O)C(NC(=O)OC(C)(C)C)C3CC3(C)C)C(C)=C1C2(C)C.[Ac]. The molecule has 273 valence electrons. The van der Waals surface area contributed by atoms with Gasteiger partial charge in [-0.1, -0.05) is 34.6 Å². The van der Waals surface area contributed by atoms with Crippen LogP contribution in [-0.4, -0.2) is 93.5 Å². The van der Waals surface area contributed by atoms with Gasteiger partial charge in [0.15, 0.2) is 18.0 Å². The molecule has 1 aliphatic heterocycles. The Labute approximate surface area is 325 Å². The molecule has 5 aliphatic rings. The number of aliphatic hydroxyl groups is 3. The summed E-state index contributed by atoms with van der Waals surface area (Å²) in [6.07, 6.45) is -5.58. The van der Waals surface area contributed by atoms with Crippen molar-refractivity contribution in [1.29, 1.82) is 0 Å². The Balaban J connectivity index is 0.00000541. The van der Waals surface area contributed by atoms with E-state index in [9.17, 15) is 34.5 Å². The molecule has 2 bridgehead atoms. The number of aliphatic hydroxyl groups excluding tert-OH is 2. The molecule has 0 aromatic carbocycles. The van der Waals surface area contributed by atoms with Crippen LogP contribution in [0.15, 0.2) is 11.1 Å². The van der Waals surface area contributed by atoms with Gasteiger partial charge in [0.1, 0.15) is 17.3 Å². The van der Waals surface area contributed by atoms with Crippen LogP contribution < -0.4 is 5.32 Å². The standard InChI is InChI=1S/C36H55NO11.Ac/c1-16-19-12-21(47-30(42)26(40)25(20-14-33(20,7)8)37-31(43)48-32(4,5)6)17(2)24(34(19,9)10)27(46-18(3)38)29(41)35(11)22(39)13-23-36(44,15-45-23)28(16)35;/h16,19-23,25-28,39-40,44H,12-15H2,1-11H3,(H,37,43);/t16-,19?,20?,21?,22?,23?,25?,26?,27?,28?,35-,36?;/m1./s1. The zero-order valence-corrected chi connectivity index (χ0v) is 35.5. The van der Waals surface area contributed by atoms with E-state index in [1.54, 1.807) is 34.6 Å². The van der Waals surface area contributed by atoms with Crippen molar-refractivity contribution in [2.24, 2.45) is 39.9 Å². The van der Waals surface area contributed by atoms with Crippen LogP contribution in [0.5, 0.6) is 0 Å². The zero-order valence-electron chi connectivity index (χ0n) is 30.8. The van der Waals surface area contributed by atoms with Crippen LogP contribution >= 0.6 is 0 Å². The molecule has 1 radical (unpaired) electrons. The predicted octanol–water partition coefficient (Wildman–Crippen LogP) is 3.23.